The van der Waals surface area contributed by atoms with E-state index in [4.69, 9.17) is 0 Å². The Hall–Kier alpha value is -2.08. The molecule has 130 valence electrons. The van der Waals surface area contributed by atoms with Crippen molar-refractivity contribution in [1.29, 1.82) is 0 Å². The second-order valence-electron chi connectivity index (χ2n) is 5.74. The third kappa shape index (κ3) is 3.49. The number of aromatic nitrogens is 2. The van der Waals surface area contributed by atoms with Crippen LogP contribution in [0.15, 0.2) is 41.3 Å². The SMILES string of the molecule is CCSc1cccc(C)c1-c1nc2ccc(C(F)(F)F)cc2nc1C. The molecule has 0 N–H and O–H groups in total. The van der Waals surface area contributed by atoms with E-state index < -0.39 is 11.7 Å². The minimum Gasteiger partial charge on any atom is -0.249 e. The van der Waals surface area contributed by atoms with Gasteiger partial charge in [0.2, 0.25) is 0 Å². The van der Waals surface area contributed by atoms with Crippen molar-refractivity contribution in [2.75, 3.05) is 5.75 Å². The lowest BCUT2D eigenvalue weighted by Gasteiger charge is -2.14. The number of alkyl halides is 3. The second kappa shape index (κ2) is 6.67. The van der Waals surface area contributed by atoms with Gasteiger partial charge in [-0.05, 0) is 49.4 Å². The van der Waals surface area contributed by atoms with E-state index in [-0.39, 0.29) is 5.52 Å². The highest BCUT2D eigenvalue weighted by Gasteiger charge is 2.30. The second-order valence-corrected chi connectivity index (χ2v) is 7.05. The third-order valence-corrected chi connectivity index (χ3v) is 4.88. The van der Waals surface area contributed by atoms with Gasteiger partial charge in [-0.1, -0.05) is 19.1 Å². The predicted molar refractivity (Wildman–Crippen MR) is 95.8 cm³/mol. The molecule has 1 heterocycles. The molecule has 0 aliphatic rings. The van der Waals surface area contributed by atoms with E-state index >= 15 is 0 Å². The minimum atomic E-state index is -4.39. The molecule has 6 heteroatoms. The van der Waals surface area contributed by atoms with E-state index in [0.717, 1.165) is 39.6 Å². The van der Waals surface area contributed by atoms with Gasteiger partial charge in [0.05, 0.1) is 28.0 Å². The van der Waals surface area contributed by atoms with E-state index in [1.165, 1.54) is 6.07 Å². The summed E-state index contributed by atoms with van der Waals surface area (Å²) in [4.78, 5) is 10.1. The number of hydrogen-bond acceptors (Lipinski definition) is 3. The molecule has 0 bridgehead atoms. The molecule has 0 atom stereocenters. The van der Waals surface area contributed by atoms with Crippen LogP contribution in [0.5, 0.6) is 0 Å². The molecule has 0 radical (unpaired) electrons. The molecule has 0 spiro atoms. The lowest BCUT2D eigenvalue weighted by molar-refractivity contribution is -0.137. The van der Waals surface area contributed by atoms with Gasteiger partial charge < -0.3 is 0 Å². The first-order valence-corrected chi connectivity index (χ1v) is 8.88. The molecule has 2 aromatic carbocycles. The van der Waals surface area contributed by atoms with Gasteiger partial charge in [0.15, 0.2) is 0 Å². The number of rotatable bonds is 3. The summed E-state index contributed by atoms with van der Waals surface area (Å²) in [6, 6.07) is 9.53. The van der Waals surface area contributed by atoms with Gasteiger partial charge >= 0.3 is 6.18 Å². The van der Waals surface area contributed by atoms with E-state index in [1.54, 1.807) is 18.7 Å². The topological polar surface area (TPSA) is 25.8 Å². The summed E-state index contributed by atoms with van der Waals surface area (Å²) in [6.45, 7) is 5.87. The van der Waals surface area contributed by atoms with Crippen molar-refractivity contribution in [3.8, 4) is 11.3 Å². The van der Waals surface area contributed by atoms with Crippen molar-refractivity contribution < 1.29 is 13.2 Å². The summed E-state index contributed by atoms with van der Waals surface area (Å²) in [6.07, 6.45) is -4.39. The summed E-state index contributed by atoms with van der Waals surface area (Å²) in [5.41, 5.74) is 3.43. The molecule has 0 saturated carbocycles. The Morgan fingerprint density at radius 2 is 1.76 bits per heavy atom. The van der Waals surface area contributed by atoms with Crippen LogP contribution in [0, 0.1) is 13.8 Å². The van der Waals surface area contributed by atoms with Crippen molar-refractivity contribution in [3.05, 3.63) is 53.2 Å². The van der Waals surface area contributed by atoms with Crippen LogP contribution in [0.4, 0.5) is 13.2 Å². The highest BCUT2D eigenvalue weighted by Crippen LogP contribution is 2.36. The number of fused-ring (bicyclic) bond motifs is 1. The summed E-state index contributed by atoms with van der Waals surface area (Å²) >= 11 is 1.71. The number of halogens is 3. The minimum absolute atomic E-state index is 0.259. The maximum absolute atomic E-state index is 12.9. The molecule has 0 saturated heterocycles. The van der Waals surface area contributed by atoms with Crippen molar-refractivity contribution in [2.24, 2.45) is 0 Å². The van der Waals surface area contributed by atoms with E-state index in [9.17, 15) is 13.2 Å². The van der Waals surface area contributed by atoms with E-state index in [1.807, 2.05) is 25.1 Å². The van der Waals surface area contributed by atoms with Gasteiger partial charge in [-0.3, -0.25) is 0 Å². The monoisotopic (exact) mass is 362 g/mol. The quantitative estimate of drug-likeness (QED) is 0.531. The molecule has 0 amide bonds. The number of hydrogen-bond donors (Lipinski definition) is 0. The van der Waals surface area contributed by atoms with Crippen molar-refractivity contribution in [3.63, 3.8) is 0 Å². The Balaban J connectivity index is 2.21. The van der Waals surface area contributed by atoms with Crippen molar-refractivity contribution >= 4 is 22.8 Å². The van der Waals surface area contributed by atoms with Crippen LogP contribution in [-0.2, 0) is 6.18 Å². The van der Waals surface area contributed by atoms with Crippen molar-refractivity contribution in [1.82, 2.24) is 9.97 Å². The number of benzene rings is 2. The summed E-state index contributed by atoms with van der Waals surface area (Å²) in [5, 5.41) is 0. The zero-order chi connectivity index (χ0) is 18.2. The van der Waals surface area contributed by atoms with Gasteiger partial charge in [0, 0.05) is 10.5 Å². The fraction of sp³-hybridized carbons (Fsp3) is 0.263. The fourth-order valence-corrected chi connectivity index (χ4v) is 3.66. The lowest BCUT2D eigenvalue weighted by Crippen LogP contribution is -2.05. The molecule has 0 aliphatic carbocycles. The highest BCUT2D eigenvalue weighted by molar-refractivity contribution is 7.99. The van der Waals surface area contributed by atoms with Gasteiger partial charge in [-0.2, -0.15) is 13.2 Å². The first kappa shape index (κ1) is 17.7. The van der Waals surface area contributed by atoms with Gasteiger partial charge in [-0.25, -0.2) is 9.97 Å². The molecule has 1 aromatic heterocycles. The third-order valence-electron chi connectivity index (χ3n) is 3.94. The van der Waals surface area contributed by atoms with Crippen LogP contribution >= 0.6 is 11.8 Å². The first-order chi connectivity index (χ1) is 11.8. The molecule has 0 aliphatic heterocycles. The maximum atomic E-state index is 12.9. The molecule has 25 heavy (non-hydrogen) atoms. The number of aryl methyl sites for hydroxylation is 2. The van der Waals surface area contributed by atoms with Crippen LogP contribution in [0.2, 0.25) is 0 Å². The number of thioether (sulfide) groups is 1. The molecular weight excluding hydrogens is 345 g/mol. The Morgan fingerprint density at radius 1 is 1.00 bits per heavy atom. The molecule has 3 rings (SSSR count). The van der Waals surface area contributed by atoms with Crippen LogP contribution in [0.3, 0.4) is 0 Å². The molecule has 0 fully saturated rings. The van der Waals surface area contributed by atoms with Crippen LogP contribution < -0.4 is 0 Å². The molecular formula is C19H17F3N2S. The smallest absolute Gasteiger partial charge is 0.249 e. The standard InChI is InChI=1S/C19H17F3N2S/c1-4-25-16-7-5-6-11(2)17(16)18-12(3)23-15-10-13(19(20,21)22)8-9-14(15)24-18/h5-10H,4H2,1-3H3. The average molecular weight is 362 g/mol. The largest absolute Gasteiger partial charge is 0.416 e. The first-order valence-electron chi connectivity index (χ1n) is 7.89. The zero-order valence-corrected chi connectivity index (χ0v) is 14.9. The summed E-state index contributed by atoms with van der Waals surface area (Å²) < 4.78 is 38.7. The summed E-state index contributed by atoms with van der Waals surface area (Å²) in [5.74, 6) is 0.922. The molecule has 2 nitrogen and oxygen atoms in total. The zero-order valence-electron chi connectivity index (χ0n) is 14.1. The average Bonchev–Trinajstić information content (AvgIpc) is 2.54. The molecule has 0 unspecified atom stereocenters. The fourth-order valence-electron chi connectivity index (χ4n) is 2.78. The molecule has 3 aromatic rings. The van der Waals surface area contributed by atoms with Crippen LogP contribution in [-0.4, -0.2) is 15.7 Å². The van der Waals surface area contributed by atoms with Gasteiger partial charge in [-0.15, -0.1) is 11.8 Å². The van der Waals surface area contributed by atoms with Gasteiger partial charge in [0.25, 0.3) is 0 Å². The lowest BCUT2D eigenvalue weighted by atomic mass is 10.0. The maximum Gasteiger partial charge on any atom is 0.416 e. The predicted octanol–water partition coefficient (Wildman–Crippen LogP) is 6.04. The Morgan fingerprint density at radius 3 is 2.44 bits per heavy atom. The summed E-state index contributed by atoms with van der Waals surface area (Å²) in [7, 11) is 0. The van der Waals surface area contributed by atoms with Gasteiger partial charge in [0.1, 0.15) is 0 Å². The highest BCUT2D eigenvalue weighted by atomic mass is 32.2. The Bertz CT molecular complexity index is 936. The van der Waals surface area contributed by atoms with Crippen LogP contribution in [0.1, 0.15) is 23.7 Å². The van der Waals surface area contributed by atoms with E-state index in [2.05, 4.69) is 16.9 Å². The Labute approximate surface area is 148 Å². The number of nitrogens with zero attached hydrogens (tertiary/aromatic N) is 2. The normalized spacial score (nSPS) is 11.9. The van der Waals surface area contributed by atoms with Crippen molar-refractivity contribution in [2.45, 2.75) is 31.8 Å². The Kier molecular flexibility index (Phi) is 4.73. The van der Waals surface area contributed by atoms with E-state index in [0.29, 0.717) is 11.2 Å². The van der Waals surface area contributed by atoms with Crippen LogP contribution in [0.25, 0.3) is 22.3 Å².